The zero-order valence-electron chi connectivity index (χ0n) is 8.08. The minimum absolute atomic E-state index is 0.198. The number of ketones is 1. The molecule has 0 atom stereocenters. The maximum atomic E-state index is 10.6. The zero-order chi connectivity index (χ0) is 9.68. The molecule has 0 aliphatic heterocycles. The Morgan fingerprint density at radius 1 is 1.31 bits per heavy atom. The summed E-state index contributed by atoms with van der Waals surface area (Å²) in [6.45, 7) is 3.66. The van der Waals surface area contributed by atoms with E-state index in [-0.39, 0.29) is 5.78 Å². The molecule has 0 aromatic heterocycles. The monoisotopic (exact) mass is 174 g/mol. The van der Waals surface area contributed by atoms with Gasteiger partial charge in [0.05, 0.1) is 0 Å². The lowest BCUT2D eigenvalue weighted by Gasteiger charge is -1.93. The smallest absolute Gasteiger partial charge is 0.133 e. The van der Waals surface area contributed by atoms with Crippen LogP contribution in [0.1, 0.15) is 24.5 Å². The molecule has 0 aliphatic rings. The summed E-state index contributed by atoms with van der Waals surface area (Å²) in [7, 11) is 0. The van der Waals surface area contributed by atoms with Gasteiger partial charge in [0.1, 0.15) is 5.78 Å². The summed E-state index contributed by atoms with van der Waals surface area (Å²) >= 11 is 0. The van der Waals surface area contributed by atoms with Crippen LogP contribution in [0.25, 0.3) is 6.08 Å². The third kappa shape index (κ3) is 3.70. The molecule has 1 aromatic carbocycles. The first-order chi connectivity index (χ1) is 6.18. The molecular formula is C12H14O. The van der Waals surface area contributed by atoms with Gasteiger partial charge in [-0.25, -0.2) is 0 Å². The molecule has 0 saturated heterocycles. The van der Waals surface area contributed by atoms with Gasteiger partial charge in [-0.05, 0) is 19.4 Å². The van der Waals surface area contributed by atoms with Crippen LogP contribution in [0.4, 0.5) is 0 Å². The molecule has 68 valence electrons. The largest absolute Gasteiger partial charge is 0.300 e. The number of allylic oxidation sites excluding steroid dienone is 1. The second-order valence-corrected chi connectivity index (χ2v) is 3.22. The van der Waals surface area contributed by atoms with E-state index in [2.05, 4.69) is 19.1 Å². The number of carbonyl (C=O) groups excluding carboxylic acids is 1. The number of benzene rings is 1. The molecule has 0 radical (unpaired) electrons. The highest BCUT2D eigenvalue weighted by molar-refractivity contribution is 5.78. The number of hydrogen-bond donors (Lipinski definition) is 0. The van der Waals surface area contributed by atoms with Crippen LogP contribution in [0.3, 0.4) is 0 Å². The molecule has 1 heteroatoms. The van der Waals surface area contributed by atoms with Crippen LogP contribution in [0, 0.1) is 6.92 Å². The average molecular weight is 174 g/mol. The highest BCUT2D eigenvalue weighted by atomic mass is 16.1. The molecule has 1 rings (SSSR count). The van der Waals surface area contributed by atoms with E-state index in [1.807, 2.05) is 24.3 Å². The van der Waals surface area contributed by atoms with Crippen molar-refractivity contribution in [3.63, 3.8) is 0 Å². The van der Waals surface area contributed by atoms with E-state index in [0.717, 1.165) is 5.56 Å². The Bertz CT molecular complexity index is 306. The molecule has 0 saturated carbocycles. The Kier molecular flexibility index (Phi) is 3.44. The second-order valence-electron chi connectivity index (χ2n) is 3.22. The van der Waals surface area contributed by atoms with E-state index in [4.69, 9.17) is 0 Å². The molecule has 0 N–H and O–H groups in total. The summed E-state index contributed by atoms with van der Waals surface area (Å²) in [6.07, 6.45) is 4.39. The van der Waals surface area contributed by atoms with Gasteiger partial charge in [0.2, 0.25) is 0 Å². The minimum atomic E-state index is 0.198. The fourth-order valence-electron chi connectivity index (χ4n) is 1.04. The van der Waals surface area contributed by atoms with E-state index >= 15 is 0 Å². The molecule has 0 aliphatic carbocycles. The average Bonchev–Trinajstić information content (AvgIpc) is 2.08. The number of carbonyl (C=O) groups is 1. The number of Topliss-reactive ketones (excluding diaryl/α,β-unsaturated/α-hetero) is 1. The van der Waals surface area contributed by atoms with E-state index < -0.39 is 0 Å². The Morgan fingerprint density at radius 2 is 1.92 bits per heavy atom. The summed E-state index contributed by atoms with van der Waals surface area (Å²) in [6, 6.07) is 8.22. The standard InChI is InChI=1S/C12H14O/c1-10-6-8-12(9-7-10)5-3-4-11(2)13/h3,5-9H,4H2,1-2H3/b5-3+. The van der Waals surface area contributed by atoms with Crippen LogP contribution in [0.15, 0.2) is 30.3 Å². The van der Waals surface area contributed by atoms with Crippen molar-refractivity contribution in [2.75, 3.05) is 0 Å². The Hall–Kier alpha value is -1.37. The number of rotatable bonds is 3. The van der Waals surface area contributed by atoms with Crippen molar-refractivity contribution in [3.05, 3.63) is 41.5 Å². The highest BCUT2D eigenvalue weighted by Crippen LogP contribution is 2.05. The van der Waals surface area contributed by atoms with Crippen LogP contribution in [-0.4, -0.2) is 5.78 Å². The van der Waals surface area contributed by atoms with Crippen molar-refractivity contribution in [2.24, 2.45) is 0 Å². The van der Waals surface area contributed by atoms with E-state index in [0.29, 0.717) is 6.42 Å². The number of aryl methyl sites for hydroxylation is 1. The molecule has 1 nitrogen and oxygen atoms in total. The normalized spacial score (nSPS) is 10.6. The minimum Gasteiger partial charge on any atom is -0.300 e. The number of hydrogen-bond acceptors (Lipinski definition) is 1. The van der Waals surface area contributed by atoms with Gasteiger partial charge in [0.15, 0.2) is 0 Å². The first-order valence-electron chi connectivity index (χ1n) is 4.41. The van der Waals surface area contributed by atoms with Gasteiger partial charge < -0.3 is 0 Å². The predicted octanol–water partition coefficient (Wildman–Crippen LogP) is 2.99. The van der Waals surface area contributed by atoms with Gasteiger partial charge in [-0.3, -0.25) is 4.79 Å². The summed E-state index contributed by atoms with van der Waals surface area (Å²) in [5, 5.41) is 0. The molecule has 0 bridgehead atoms. The van der Waals surface area contributed by atoms with Crippen LogP contribution in [0.2, 0.25) is 0 Å². The lowest BCUT2D eigenvalue weighted by Crippen LogP contribution is -1.83. The maximum Gasteiger partial charge on any atom is 0.133 e. The van der Waals surface area contributed by atoms with Gasteiger partial charge in [0.25, 0.3) is 0 Å². The van der Waals surface area contributed by atoms with Crippen molar-refractivity contribution < 1.29 is 4.79 Å². The van der Waals surface area contributed by atoms with Crippen LogP contribution < -0.4 is 0 Å². The Labute approximate surface area is 79.1 Å². The van der Waals surface area contributed by atoms with E-state index in [9.17, 15) is 4.79 Å². The molecular weight excluding hydrogens is 160 g/mol. The van der Waals surface area contributed by atoms with Crippen molar-refractivity contribution in [2.45, 2.75) is 20.3 Å². The quantitative estimate of drug-likeness (QED) is 0.688. The Balaban J connectivity index is 2.59. The molecule has 0 amide bonds. The van der Waals surface area contributed by atoms with Gasteiger partial charge in [-0.1, -0.05) is 42.0 Å². The first-order valence-corrected chi connectivity index (χ1v) is 4.41. The van der Waals surface area contributed by atoms with Gasteiger partial charge in [-0.2, -0.15) is 0 Å². The van der Waals surface area contributed by atoms with Gasteiger partial charge in [0, 0.05) is 6.42 Å². The SMILES string of the molecule is CC(=O)C/C=C/c1ccc(C)cc1. The van der Waals surface area contributed by atoms with Crippen LogP contribution in [0.5, 0.6) is 0 Å². The van der Waals surface area contributed by atoms with Crippen molar-refractivity contribution >= 4 is 11.9 Å². The predicted molar refractivity (Wildman–Crippen MR) is 55.5 cm³/mol. The summed E-state index contributed by atoms with van der Waals surface area (Å²) < 4.78 is 0. The van der Waals surface area contributed by atoms with Crippen LogP contribution in [-0.2, 0) is 4.79 Å². The fourth-order valence-corrected chi connectivity index (χ4v) is 1.04. The van der Waals surface area contributed by atoms with E-state index in [1.54, 1.807) is 6.92 Å². The van der Waals surface area contributed by atoms with Crippen molar-refractivity contribution in [1.82, 2.24) is 0 Å². The lowest BCUT2D eigenvalue weighted by molar-refractivity contribution is -0.116. The van der Waals surface area contributed by atoms with Gasteiger partial charge >= 0.3 is 0 Å². The molecule has 0 fully saturated rings. The van der Waals surface area contributed by atoms with Crippen molar-refractivity contribution in [3.8, 4) is 0 Å². The van der Waals surface area contributed by atoms with Crippen LogP contribution >= 0.6 is 0 Å². The van der Waals surface area contributed by atoms with E-state index in [1.165, 1.54) is 5.56 Å². The summed E-state index contributed by atoms with van der Waals surface area (Å²) in [5.41, 5.74) is 2.40. The lowest BCUT2D eigenvalue weighted by atomic mass is 10.1. The topological polar surface area (TPSA) is 17.1 Å². The summed E-state index contributed by atoms with van der Waals surface area (Å²) in [5.74, 6) is 0.198. The molecule has 1 aromatic rings. The Morgan fingerprint density at radius 3 is 2.46 bits per heavy atom. The third-order valence-corrected chi connectivity index (χ3v) is 1.79. The fraction of sp³-hybridized carbons (Fsp3) is 0.250. The van der Waals surface area contributed by atoms with Gasteiger partial charge in [-0.15, -0.1) is 0 Å². The van der Waals surface area contributed by atoms with Crippen molar-refractivity contribution in [1.29, 1.82) is 0 Å². The molecule has 13 heavy (non-hydrogen) atoms. The molecule has 0 spiro atoms. The second kappa shape index (κ2) is 4.61. The first kappa shape index (κ1) is 9.72. The molecule has 0 heterocycles. The third-order valence-electron chi connectivity index (χ3n) is 1.79. The summed E-state index contributed by atoms with van der Waals surface area (Å²) in [4.78, 5) is 10.6. The maximum absolute atomic E-state index is 10.6. The highest BCUT2D eigenvalue weighted by Gasteiger charge is 1.88. The zero-order valence-corrected chi connectivity index (χ0v) is 8.08. The molecule has 0 unspecified atom stereocenters.